The lowest BCUT2D eigenvalue weighted by atomic mass is 10.1. The number of carbonyl (C=O) groups excluding carboxylic acids is 2. The van der Waals surface area contributed by atoms with Crippen molar-refractivity contribution in [3.8, 4) is 0 Å². The molecule has 0 unspecified atom stereocenters. The molecule has 0 aliphatic heterocycles. The van der Waals surface area contributed by atoms with Crippen LogP contribution in [0.1, 0.15) is 28.8 Å². The Labute approximate surface area is 178 Å². The van der Waals surface area contributed by atoms with Crippen molar-refractivity contribution < 1.29 is 18.0 Å². The predicted molar refractivity (Wildman–Crippen MR) is 114 cm³/mol. The van der Waals surface area contributed by atoms with E-state index in [0.29, 0.717) is 10.2 Å². The first-order chi connectivity index (χ1) is 13.7. The number of anilines is 1. The van der Waals surface area contributed by atoms with Gasteiger partial charge in [-0.25, -0.2) is 12.7 Å². The molecular weight excluding hydrogens is 458 g/mol. The summed E-state index contributed by atoms with van der Waals surface area (Å²) < 4.78 is 26.3. The number of carbonyl (C=O) groups is 2. The lowest BCUT2D eigenvalue weighted by Gasteiger charge is -2.14. The zero-order valence-corrected chi connectivity index (χ0v) is 18.5. The van der Waals surface area contributed by atoms with Crippen LogP contribution in [0.2, 0.25) is 0 Å². The van der Waals surface area contributed by atoms with Crippen LogP contribution in [0.15, 0.2) is 51.8 Å². The lowest BCUT2D eigenvalue weighted by molar-refractivity contribution is -0.117. The molecule has 1 saturated carbocycles. The molecule has 0 radical (unpaired) electrons. The van der Waals surface area contributed by atoms with Gasteiger partial charge in [-0.2, -0.15) is 0 Å². The molecular formula is C20H22BrN3O4S. The van der Waals surface area contributed by atoms with E-state index in [4.69, 9.17) is 0 Å². The quantitative estimate of drug-likeness (QED) is 0.637. The van der Waals surface area contributed by atoms with Gasteiger partial charge in [0.05, 0.1) is 4.90 Å². The van der Waals surface area contributed by atoms with Crippen LogP contribution in [0.25, 0.3) is 0 Å². The van der Waals surface area contributed by atoms with E-state index in [-0.39, 0.29) is 34.7 Å². The van der Waals surface area contributed by atoms with E-state index < -0.39 is 10.0 Å². The summed E-state index contributed by atoms with van der Waals surface area (Å²) in [7, 11) is -0.816. The highest BCUT2D eigenvalue weighted by atomic mass is 79.9. The second kappa shape index (κ2) is 8.64. The van der Waals surface area contributed by atoms with Crippen molar-refractivity contribution in [2.45, 2.75) is 24.3 Å². The number of hydrogen-bond donors (Lipinski definition) is 2. The third kappa shape index (κ3) is 5.23. The molecule has 0 aromatic heterocycles. The maximum atomic E-state index is 12.5. The fraction of sp³-hybridized carbons (Fsp3) is 0.300. The van der Waals surface area contributed by atoms with Crippen LogP contribution in [0.5, 0.6) is 0 Å². The Bertz CT molecular complexity index is 1050. The molecule has 2 amide bonds. The maximum Gasteiger partial charge on any atom is 0.251 e. The van der Waals surface area contributed by atoms with Crippen molar-refractivity contribution in [2.24, 2.45) is 5.92 Å². The Morgan fingerprint density at radius 2 is 1.86 bits per heavy atom. The van der Waals surface area contributed by atoms with Crippen molar-refractivity contribution in [3.05, 3.63) is 58.1 Å². The summed E-state index contributed by atoms with van der Waals surface area (Å²) in [5.41, 5.74) is 1.76. The molecule has 2 N–H and O–H groups in total. The molecule has 1 fully saturated rings. The van der Waals surface area contributed by atoms with E-state index in [1.807, 2.05) is 18.2 Å². The average Bonchev–Trinajstić information content (AvgIpc) is 3.52. The smallest absolute Gasteiger partial charge is 0.251 e. The summed E-state index contributed by atoms with van der Waals surface area (Å²) in [4.78, 5) is 24.4. The largest absolute Gasteiger partial charge is 0.348 e. The van der Waals surface area contributed by atoms with E-state index in [9.17, 15) is 18.0 Å². The number of rotatable bonds is 7. The molecule has 7 nitrogen and oxygen atoms in total. The van der Waals surface area contributed by atoms with Crippen molar-refractivity contribution in [1.29, 1.82) is 0 Å². The fourth-order valence-corrected chi connectivity index (χ4v) is 4.52. The van der Waals surface area contributed by atoms with Crippen LogP contribution in [-0.2, 0) is 21.4 Å². The SMILES string of the molecule is CN(C)S(=O)(=O)c1cc(C(=O)NCc2cccc(NC(=O)C3CC3)c2)ccc1Br. The van der Waals surface area contributed by atoms with Crippen LogP contribution in [0.4, 0.5) is 5.69 Å². The molecule has 2 aromatic rings. The number of nitrogens with one attached hydrogen (secondary N) is 2. The van der Waals surface area contributed by atoms with Gasteiger partial charge in [0.1, 0.15) is 0 Å². The fourth-order valence-electron chi connectivity index (χ4n) is 2.67. The maximum absolute atomic E-state index is 12.5. The number of hydrogen-bond acceptors (Lipinski definition) is 4. The summed E-state index contributed by atoms with van der Waals surface area (Å²) in [5, 5.41) is 5.66. The number of nitrogens with zero attached hydrogens (tertiary/aromatic N) is 1. The van der Waals surface area contributed by atoms with Crippen molar-refractivity contribution in [2.75, 3.05) is 19.4 Å². The van der Waals surface area contributed by atoms with Gasteiger partial charge in [-0.1, -0.05) is 12.1 Å². The minimum atomic E-state index is -3.68. The van der Waals surface area contributed by atoms with Crippen LogP contribution in [0.3, 0.4) is 0 Å². The van der Waals surface area contributed by atoms with Crippen LogP contribution in [-0.4, -0.2) is 38.6 Å². The van der Waals surface area contributed by atoms with Crippen molar-refractivity contribution >= 4 is 43.5 Å². The monoisotopic (exact) mass is 479 g/mol. The molecule has 154 valence electrons. The summed E-state index contributed by atoms with van der Waals surface area (Å²) in [6.45, 7) is 0.248. The van der Waals surface area contributed by atoms with Gasteiger partial charge >= 0.3 is 0 Å². The zero-order chi connectivity index (χ0) is 21.2. The molecule has 1 aliphatic carbocycles. The first-order valence-electron chi connectivity index (χ1n) is 9.08. The Morgan fingerprint density at radius 3 is 2.52 bits per heavy atom. The molecule has 29 heavy (non-hydrogen) atoms. The number of amides is 2. The van der Waals surface area contributed by atoms with Gasteiger partial charge in [0.15, 0.2) is 0 Å². The van der Waals surface area contributed by atoms with E-state index in [1.54, 1.807) is 18.2 Å². The van der Waals surface area contributed by atoms with E-state index in [0.717, 1.165) is 22.7 Å². The lowest BCUT2D eigenvalue weighted by Crippen LogP contribution is -2.25. The van der Waals surface area contributed by atoms with E-state index in [1.165, 1.54) is 20.2 Å². The normalized spacial score (nSPS) is 13.9. The second-order valence-corrected chi connectivity index (χ2v) is 10.1. The van der Waals surface area contributed by atoms with Gasteiger partial charge in [-0.05, 0) is 64.7 Å². The van der Waals surface area contributed by atoms with Crippen molar-refractivity contribution in [3.63, 3.8) is 0 Å². The van der Waals surface area contributed by atoms with Gasteiger partial charge in [-0.15, -0.1) is 0 Å². The number of benzene rings is 2. The number of halogens is 1. The molecule has 0 heterocycles. The second-order valence-electron chi connectivity index (χ2n) is 7.08. The van der Waals surface area contributed by atoms with Gasteiger partial charge < -0.3 is 10.6 Å². The predicted octanol–water partition coefficient (Wildman–Crippen LogP) is 2.98. The molecule has 2 aromatic carbocycles. The van der Waals surface area contributed by atoms with E-state index in [2.05, 4.69) is 26.6 Å². The highest BCUT2D eigenvalue weighted by Crippen LogP contribution is 2.30. The zero-order valence-electron chi connectivity index (χ0n) is 16.1. The Hall–Kier alpha value is -2.23. The van der Waals surface area contributed by atoms with E-state index >= 15 is 0 Å². The van der Waals surface area contributed by atoms with Crippen LogP contribution >= 0.6 is 15.9 Å². The summed E-state index contributed by atoms with van der Waals surface area (Å²) in [6, 6.07) is 11.7. The summed E-state index contributed by atoms with van der Waals surface area (Å²) in [5.74, 6) is -0.251. The van der Waals surface area contributed by atoms with Gasteiger partial charge in [0, 0.05) is 42.3 Å². The highest BCUT2D eigenvalue weighted by Gasteiger charge is 2.29. The highest BCUT2D eigenvalue weighted by molar-refractivity contribution is 9.10. The Balaban J connectivity index is 1.69. The Kier molecular flexibility index (Phi) is 6.40. The number of sulfonamides is 1. The summed E-state index contributed by atoms with van der Waals surface area (Å²) in [6.07, 6.45) is 1.86. The molecule has 1 aliphatic rings. The van der Waals surface area contributed by atoms with Gasteiger partial charge in [0.2, 0.25) is 15.9 Å². The molecule has 0 spiro atoms. The first kappa shape index (κ1) is 21.5. The van der Waals surface area contributed by atoms with Gasteiger partial charge in [-0.3, -0.25) is 9.59 Å². The van der Waals surface area contributed by atoms with Crippen LogP contribution < -0.4 is 10.6 Å². The average molecular weight is 480 g/mol. The Morgan fingerprint density at radius 1 is 1.14 bits per heavy atom. The molecule has 9 heteroatoms. The van der Waals surface area contributed by atoms with Crippen LogP contribution in [0, 0.1) is 5.92 Å². The molecule has 3 rings (SSSR count). The van der Waals surface area contributed by atoms with Gasteiger partial charge in [0.25, 0.3) is 5.91 Å². The minimum Gasteiger partial charge on any atom is -0.348 e. The molecule has 0 bridgehead atoms. The third-order valence-corrected chi connectivity index (χ3v) is 7.36. The first-order valence-corrected chi connectivity index (χ1v) is 11.3. The topological polar surface area (TPSA) is 95.6 Å². The third-order valence-electron chi connectivity index (χ3n) is 4.55. The molecule has 0 saturated heterocycles. The van der Waals surface area contributed by atoms with Crippen molar-refractivity contribution in [1.82, 2.24) is 9.62 Å². The summed E-state index contributed by atoms with van der Waals surface area (Å²) >= 11 is 3.23. The standard InChI is InChI=1S/C20H22BrN3O4S/c1-24(2)29(27,28)18-11-15(8-9-17(18)21)19(25)22-12-13-4-3-5-16(10-13)23-20(26)14-6-7-14/h3-5,8-11,14H,6-7,12H2,1-2H3,(H,22,25)(H,23,26). The molecule has 0 atom stereocenters. The minimum absolute atomic E-state index is 0.0238.